The van der Waals surface area contributed by atoms with E-state index in [2.05, 4.69) is 61.6 Å². The molecule has 0 radical (unpaired) electrons. The Morgan fingerprint density at radius 3 is 2.05 bits per heavy atom. The zero-order chi connectivity index (χ0) is 13.1. The van der Waals surface area contributed by atoms with Gasteiger partial charge in [-0.05, 0) is 54.9 Å². The van der Waals surface area contributed by atoms with Crippen molar-refractivity contribution < 1.29 is 0 Å². The molecule has 0 atom stereocenters. The Balaban J connectivity index is 1.82. The fourth-order valence-corrected chi connectivity index (χ4v) is 2.78. The van der Waals surface area contributed by atoms with Crippen molar-refractivity contribution in [2.24, 2.45) is 0 Å². The molecule has 0 fully saturated rings. The van der Waals surface area contributed by atoms with Gasteiger partial charge < -0.3 is 0 Å². The first-order valence-electron chi connectivity index (χ1n) is 7.16. The molecular weight excluding hydrogens is 228 g/mol. The van der Waals surface area contributed by atoms with E-state index < -0.39 is 0 Å². The Morgan fingerprint density at radius 1 is 0.737 bits per heavy atom. The van der Waals surface area contributed by atoms with E-state index in [0.717, 1.165) is 6.42 Å². The summed E-state index contributed by atoms with van der Waals surface area (Å²) in [5.74, 6) is 0. The minimum absolute atomic E-state index is 1.16. The van der Waals surface area contributed by atoms with Gasteiger partial charge in [-0.3, -0.25) is 0 Å². The van der Waals surface area contributed by atoms with Gasteiger partial charge in [-0.2, -0.15) is 0 Å². The second kappa shape index (κ2) is 5.44. The van der Waals surface area contributed by atoms with E-state index in [0.29, 0.717) is 0 Å². The Kier molecular flexibility index (Phi) is 3.50. The lowest BCUT2D eigenvalue weighted by Gasteiger charge is -2.18. The summed E-state index contributed by atoms with van der Waals surface area (Å²) in [4.78, 5) is 0. The highest BCUT2D eigenvalue weighted by Crippen LogP contribution is 2.32. The molecule has 0 nitrogen and oxygen atoms in total. The van der Waals surface area contributed by atoms with Crippen LogP contribution in [0.2, 0.25) is 0 Å². The van der Waals surface area contributed by atoms with Gasteiger partial charge in [0.15, 0.2) is 0 Å². The van der Waals surface area contributed by atoms with Crippen LogP contribution >= 0.6 is 0 Å². The lowest BCUT2D eigenvalue weighted by atomic mass is 9.87. The van der Waals surface area contributed by atoms with Gasteiger partial charge in [0.05, 0.1) is 0 Å². The zero-order valence-electron chi connectivity index (χ0n) is 11.5. The van der Waals surface area contributed by atoms with Gasteiger partial charge in [0.1, 0.15) is 0 Å². The van der Waals surface area contributed by atoms with Gasteiger partial charge in [0.2, 0.25) is 0 Å². The van der Waals surface area contributed by atoms with Crippen molar-refractivity contribution in [1.82, 2.24) is 0 Å². The molecule has 1 aromatic carbocycles. The monoisotopic (exact) mass is 248 g/mol. The molecular formula is C19H20. The van der Waals surface area contributed by atoms with Crippen LogP contribution in [-0.4, -0.2) is 0 Å². The Labute approximate surface area is 115 Å². The number of allylic oxidation sites excluding steroid dienone is 8. The molecule has 0 amide bonds. The highest BCUT2D eigenvalue weighted by atomic mass is 14.2. The number of hydrogen-bond donors (Lipinski definition) is 0. The van der Waals surface area contributed by atoms with Crippen molar-refractivity contribution in [3.05, 3.63) is 76.9 Å². The topological polar surface area (TPSA) is 0 Å². The maximum Gasteiger partial charge on any atom is -0.0224 e. The molecule has 3 rings (SSSR count). The molecule has 0 heteroatoms. The van der Waals surface area contributed by atoms with E-state index in [1.165, 1.54) is 47.1 Å². The van der Waals surface area contributed by atoms with Crippen LogP contribution in [0.5, 0.6) is 0 Å². The molecule has 96 valence electrons. The average molecular weight is 248 g/mol. The quantitative estimate of drug-likeness (QED) is 0.659. The molecule has 19 heavy (non-hydrogen) atoms. The van der Waals surface area contributed by atoms with Gasteiger partial charge in [0.25, 0.3) is 0 Å². The van der Waals surface area contributed by atoms with Crippen LogP contribution in [-0.2, 0) is 0 Å². The first-order chi connectivity index (χ1) is 9.33. The van der Waals surface area contributed by atoms with E-state index in [-0.39, 0.29) is 0 Å². The molecule has 0 heterocycles. The molecule has 0 unspecified atom stereocenters. The Hall–Kier alpha value is -1.82. The summed E-state index contributed by atoms with van der Waals surface area (Å²) >= 11 is 0. The third kappa shape index (κ3) is 2.78. The molecule has 2 aliphatic rings. The molecule has 0 saturated heterocycles. The fraction of sp³-hybridized carbons (Fsp3) is 0.263. The van der Waals surface area contributed by atoms with E-state index >= 15 is 0 Å². The van der Waals surface area contributed by atoms with Gasteiger partial charge in [-0.25, -0.2) is 0 Å². The van der Waals surface area contributed by atoms with Gasteiger partial charge in [0, 0.05) is 0 Å². The largest absolute Gasteiger partial charge is 0.0842 e. The minimum Gasteiger partial charge on any atom is -0.0842 e. The van der Waals surface area contributed by atoms with Crippen molar-refractivity contribution in [1.29, 1.82) is 0 Å². The molecule has 0 aliphatic heterocycles. The summed E-state index contributed by atoms with van der Waals surface area (Å²) < 4.78 is 0. The predicted molar refractivity (Wildman–Crippen MR) is 82.9 cm³/mol. The standard InChI is InChI=1S/C19H20/c1-15-7-9-17(10-8-15)19-13-11-18(12-14-19)16-5-3-2-4-6-16/h2-3,5,7-11,13H,4,6,12,14H2,1H3. The number of hydrogen-bond acceptors (Lipinski definition) is 0. The van der Waals surface area contributed by atoms with Crippen LogP contribution in [0, 0.1) is 6.92 Å². The Bertz CT molecular complexity index is 577. The highest BCUT2D eigenvalue weighted by Gasteiger charge is 2.12. The van der Waals surface area contributed by atoms with E-state index in [1.54, 1.807) is 0 Å². The molecule has 0 N–H and O–H groups in total. The highest BCUT2D eigenvalue weighted by molar-refractivity contribution is 5.69. The maximum absolute atomic E-state index is 2.32. The third-order valence-corrected chi connectivity index (χ3v) is 4.00. The number of rotatable bonds is 2. The van der Waals surface area contributed by atoms with Crippen LogP contribution in [0.3, 0.4) is 0 Å². The van der Waals surface area contributed by atoms with Crippen LogP contribution in [0.15, 0.2) is 65.8 Å². The third-order valence-electron chi connectivity index (χ3n) is 4.00. The van der Waals surface area contributed by atoms with E-state index in [4.69, 9.17) is 0 Å². The second-order valence-electron chi connectivity index (χ2n) is 5.41. The van der Waals surface area contributed by atoms with Crippen LogP contribution in [0.25, 0.3) is 5.57 Å². The maximum atomic E-state index is 2.32. The molecule has 1 aromatic rings. The zero-order valence-corrected chi connectivity index (χ0v) is 11.5. The summed E-state index contributed by atoms with van der Waals surface area (Å²) in [5, 5.41) is 0. The summed E-state index contributed by atoms with van der Waals surface area (Å²) in [7, 11) is 0. The number of aryl methyl sites for hydroxylation is 1. The van der Waals surface area contributed by atoms with Gasteiger partial charge in [-0.1, -0.05) is 60.2 Å². The summed E-state index contributed by atoms with van der Waals surface area (Å²) in [6, 6.07) is 8.87. The van der Waals surface area contributed by atoms with Crippen LogP contribution < -0.4 is 0 Å². The van der Waals surface area contributed by atoms with E-state index in [9.17, 15) is 0 Å². The van der Waals surface area contributed by atoms with Gasteiger partial charge >= 0.3 is 0 Å². The predicted octanol–water partition coefficient (Wildman–Crippen LogP) is 5.38. The molecule has 0 bridgehead atoms. The second-order valence-corrected chi connectivity index (χ2v) is 5.41. The first kappa shape index (κ1) is 12.2. The van der Waals surface area contributed by atoms with Crippen molar-refractivity contribution in [2.75, 3.05) is 0 Å². The summed E-state index contributed by atoms with van der Waals surface area (Å²) in [5.41, 5.74) is 7.23. The first-order valence-corrected chi connectivity index (χ1v) is 7.16. The normalized spacial score (nSPS) is 18.7. The molecule has 0 spiro atoms. The minimum atomic E-state index is 1.16. The van der Waals surface area contributed by atoms with E-state index in [1.807, 2.05) is 0 Å². The molecule has 0 saturated carbocycles. The van der Waals surface area contributed by atoms with Crippen molar-refractivity contribution >= 4 is 5.57 Å². The lowest BCUT2D eigenvalue weighted by Crippen LogP contribution is -1.98. The smallest absolute Gasteiger partial charge is 0.0224 e. The molecule has 2 aliphatic carbocycles. The Morgan fingerprint density at radius 2 is 1.42 bits per heavy atom. The van der Waals surface area contributed by atoms with Crippen molar-refractivity contribution in [3.8, 4) is 0 Å². The van der Waals surface area contributed by atoms with Gasteiger partial charge in [-0.15, -0.1) is 0 Å². The van der Waals surface area contributed by atoms with Crippen LogP contribution in [0.1, 0.15) is 36.8 Å². The van der Waals surface area contributed by atoms with Crippen LogP contribution in [0.4, 0.5) is 0 Å². The lowest BCUT2D eigenvalue weighted by molar-refractivity contribution is 0.905. The van der Waals surface area contributed by atoms with Crippen molar-refractivity contribution in [3.63, 3.8) is 0 Å². The molecule has 0 aromatic heterocycles. The fourth-order valence-electron chi connectivity index (χ4n) is 2.78. The number of benzene rings is 1. The summed E-state index contributed by atoms with van der Waals surface area (Å²) in [6.07, 6.45) is 16.1. The SMILES string of the molecule is Cc1ccc(C2=CC=C(C3=CC=CCC3)CC2)cc1. The summed E-state index contributed by atoms with van der Waals surface area (Å²) in [6.45, 7) is 2.14. The average Bonchev–Trinajstić information content (AvgIpc) is 2.49. The van der Waals surface area contributed by atoms with Crippen molar-refractivity contribution in [2.45, 2.75) is 32.6 Å².